The van der Waals surface area contributed by atoms with Crippen LogP contribution in [-0.2, 0) is 9.53 Å². The number of ether oxygens (including phenoxy) is 1. The molecule has 0 fully saturated rings. The topological polar surface area (TPSA) is 64.3 Å². The van der Waals surface area contributed by atoms with Gasteiger partial charge in [0.2, 0.25) is 0 Å². The number of carbonyl (C=O) groups excluding carboxylic acids is 1. The number of hydrogen-bond acceptors (Lipinski definition) is 3. The second-order valence-corrected chi connectivity index (χ2v) is 3.22. The molecule has 6 heteroatoms. The van der Waals surface area contributed by atoms with Crippen molar-refractivity contribution in [2.75, 3.05) is 18.2 Å². The number of benzene rings is 1. The van der Waals surface area contributed by atoms with Crippen LogP contribution in [0, 0.1) is 11.6 Å². The highest BCUT2D eigenvalue weighted by molar-refractivity contribution is 5.96. The lowest BCUT2D eigenvalue weighted by Crippen LogP contribution is -2.27. The molecule has 0 saturated heterocycles. The fraction of sp³-hybridized carbons (Fsp3) is 0.300. The molecule has 0 saturated carbocycles. The SMILES string of the molecule is COC(C)C(=O)Nc1c(N)cc(F)cc1F. The van der Waals surface area contributed by atoms with E-state index in [4.69, 9.17) is 10.5 Å². The van der Waals surface area contributed by atoms with Gasteiger partial charge in [-0.25, -0.2) is 8.78 Å². The molecule has 1 rings (SSSR count). The number of carbonyl (C=O) groups is 1. The van der Waals surface area contributed by atoms with Crippen LogP contribution in [0.3, 0.4) is 0 Å². The number of hydrogen-bond donors (Lipinski definition) is 2. The molecule has 1 aromatic rings. The Morgan fingerprint density at radius 2 is 2.12 bits per heavy atom. The maximum Gasteiger partial charge on any atom is 0.253 e. The molecule has 1 aromatic carbocycles. The summed E-state index contributed by atoms with van der Waals surface area (Å²) >= 11 is 0. The van der Waals surface area contributed by atoms with Crippen LogP contribution in [0.25, 0.3) is 0 Å². The molecule has 0 aromatic heterocycles. The standard InChI is InChI=1S/C10H12F2N2O2/c1-5(16-2)10(15)14-9-7(12)3-6(11)4-8(9)13/h3-5H,13H2,1-2H3,(H,14,15). The van der Waals surface area contributed by atoms with Crippen LogP contribution in [0.5, 0.6) is 0 Å². The molecule has 88 valence electrons. The summed E-state index contributed by atoms with van der Waals surface area (Å²) in [6.07, 6.45) is -0.746. The fourth-order valence-electron chi connectivity index (χ4n) is 1.06. The highest BCUT2D eigenvalue weighted by atomic mass is 19.1. The molecule has 0 radical (unpaired) electrons. The second-order valence-electron chi connectivity index (χ2n) is 3.22. The molecule has 1 atom stereocenters. The van der Waals surface area contributed by atoms with Crippen LogP contribution in [0.15, 0.2) is 12.1 Å². The molecule has 0 heterocycles. The Bertz CT molecular complexity index is 387. The van der Waals surface area contributed by atoms with Gasteiger partial charge in [0, 0.05) is 13.2 Å². The number of halogens is 2. The van der Waals surface area contributed by atoms with Crippen molar-refractivity contribution in [3.63, 3.8) is 0 Å². The van der Waals surface area contributed by atoms with E-state index >= 15 is 0 Å². The highest BCUT2D eigenvalue weighted by Gasteiger charge is 2.16. The highest BCUT2D eigenvalue weighted by Crippen LogP contribution is 2.23. The zero-order valence-corrected chi connectivity index (χ0v) is 8.88. The average molecular weight is 230 g/mol. The molecular weight excluding hydrogens is 218 g/mol. The lowest BCUT2D eigenvalue weighted by molar-refractivity contribution is -0.124. The largest absolute Gasteiger partial charge is 0.397 e. The third kappa shape index (κ3) is 2.66. The maximum absolute atomic E-state index is 13.3. The monoisotopic (exact) mass is 230 g/mol. The van der Waals surface area contributed by atoms with Gasteiger partial charge in [0.25, 0.3) is 5.91 Å². The molecule has 1 amide bonds. The lowest BCUT2D eigenvalue weighted by Gasteiger charge is -2.12. The first-order chi connectivity index (χ1) is 7.45. The molecule has 0 aliphatic carbocycles. The van der Waals surface area contributed by atoms with Crippen molar-refractivity contribution in [1.29, 1.82) is 0 Å². The van der Waals surface area contributed by atoms with Gasteiger partial charge in [0.15, 0.2) is 5.82 Å². The fourth-order valence-corrected chi connectivity index (χ4v) is 1.06. The predicted molar refractivity (Wildman–Crippen MR) is 55.9 cm³/mol. The first kappa shape index (κ1) is 12.4. The van der Waals surface area contributed by atoms with Crippen molar-refractivity contribution in [3.8, 4) is 0 Å². The number of anilines is 2. The smallest absolute Gasteiger partial charge is 0.253 e. The van der Waals surface area contributed by atoms with Gasteiger partial charge in [-0.15, -0.1) is 0 Å². The van der Waals surface area contributed by atoms with Crippen LogP contribution in [0.1, 0.15) is 6.92 Å². The Balaban J connectivity index is 2.93. The number of amides is 1. The molecule has 0 bridgehead atoms. The van der Waals surface area contributed by atoms with Crippen LogP contribution < -0.4 is 11.1 Å². The predicted octanol–water partition coefficient (Wildman–Crippen LogP) is 1.52. The molecular formula is C10H12F2N2O2. The zero-order valence-electron chi connectivity index (χ0n) is 8.88. The number of nitrogens with two attached hydrogens (primary N) is 1. The number of nitrogens with one attached hydrogen (secondary N) is 1. The normalized spacial score (nSPS) is 12.2. The Morgan fingerprint density at radius 1 is 1.50 bits per heavy atom. The third-order valence-corrected chi connectivity index (χ3v) is 2.06. The molecule has 0 aliphatic heterocycles. The summed E-state index contributed by atoms with van der Waals surface area (Å²) in [5.74, 6) is -2.28. The Kier molecular flexibility index (Phi) is 3.78. The molecule has 0 aliphatic rings. The summed E-state index contributed by atoms with van der Waals surface area (Å²) in [4.78, 5) is 11.4. The van der Waals surface area contributed by atoms with E-state index < -0.39 is 23.6 Å². The Morgan fingerprint density at radius 3 is 2.62 bits per heavy atom. The van der Waals surface area contributed by atoms with Gasteiger partial charge in [0.05, 0.1) is 5.69 Å². The van der Waals surface area contributed by atoms with E-state index in [1.54, 1.807) is 0 Å². The average Bonchev–Trinajstić information content (AvgIpc) is 2.21. The van der Waals surface area contributed by atoms with E-state index in [0.717, 1.165) is 6.07 Å². The second kappa shape index (κ2) is 4.89. The molecule has 0 spiro atoms. The van der Waals surface area contributed by atoms with Gasteiger partial charge in [-0.2, -0.15) is 0 Å². The lowest BCUT2D eigenvalue weighted by atomic mass is 10.2. The van der Waals surface area contributed by atoms with E-state index in [2.05, 4.69) is 5.32 Å². The van der Waals surface area contributed by atoms with Gasteiger partial charge in [-0.05, 0) is 13.0 Å². The minimum Gasteiger partial charge on any atom is -0.397 e. The third-order valence-electron chi connectivity index (χ3n) is 2.06. The summed E-state index contributed by atoms with van der Waals surface area (Å²) < 4.78 is 30.7. The van der Waals surface area contributed by atoms with Gasteiger partial charge in [-0.3, -0.25) is 4.79 Å². The number of rotatable bonds is 3. The summed E-state index contributed by atoms with van der Waals surface area (Å²) in [7, 11) is 1.34. The van der Waals surface area contributed by atoms with Gasteiger partial charge >= 0.3 is 0 Å². The van der Waals surface area contributed by atoms with E-state index in [-0.39, 0.29) is 11.4 Å². The van der Waals surface area contributed by atoms with E-state index in [1.165, 1.54) is 14.0 Å². The number of methoxy groups -OCH3 is 1. The molecule has 3 N–H and O–H groups in total. The van der Waals surface area contributed by atoms with Crippen LogP contribution in [-0.4, -0.2) is 19.1 Å². The first-order valence-electron chi connectivity index (χ1n) is 4.54. The summed E-state index contributed by atoms with van der Waals surface area (Å²) in [5.41, 5.74) is 4.96. The Labute approximate surface area is 91.4 Å². The van der Waals surface area contributed by atoms with Crippen molar-refractivity contribution in [2.24, 2.45) is 0 Å². The molecule has 16 heavy (non-hydrogen) atoms. The van der Waals surface area contributed by atoms with Crippen LogP contribution in [0.4, 0.5) is 20.2 Å². The molecule has 4 nitrogen and oxygen atoms in total. The van der Waals surface area contributed by atoms with Crippen LogP contribution >= 0.6 is 0 Å². The van der Waals surface area contributed by atoms with E-state index in [1.807, 2.05) is 0 Å². The van der Waals surface area contributed by atoms with Crippen molar-refractivity contribution in [3.05, 3.63) is 23.8 Å². The summed E-state index contributed by atoms with van der Waals surface area (Å²) in [6.45, 7) is 1.49. The van der Waals surface area contributed by atoms with Crippen molar-refractivity contribution >= 4 is 17.3 Å². The zero-order chi connectivity index (χ0) is 12.3. The summed E-state index contributed by atoms with van der Waals surface area (Å²) in [5, 5.41) is 2.23. The van der Waals surface area contributed by atoms with E-state index in [9.17, 15) is 13.6 Å². The van der Waals surface area contributed by atoms with Crippen LogP contribution in [0.2, 0.25) is 0 Å². The maximum atomic E-state index is 13.3. The number of nitrogen functional groups attached to an aromatic ring is 1. The van der Waals surface area contributed by atoms with Crippen molar-refractivity contribution in [1.82, 2.24) is 0 Å². The minimum absolute atomic E-state index is 0.172. The van der Waals surface area contributed by atoms with Gasteiger partial charge < -0.3 is 15.8 Å². The van der Waals surface area contributed by atoms with Crippen molar-refractivity contribution in [2.45, 2.75) is 13.0 Å². The van der Waals surface area contributed by atoms with E-state index in [0.29, 0.717) is 6.07 Å². The van der Waals surface area contributed by atoms with Crippen molar-refractivity contribution < 1.29 is 18.3 Å². The first-order valence-corrected chi connectivity index (χ1v) is 4.54. The minimum atomic E-state index is -0.922. The Hall–Kier alpha value is -1.69. The summed E-state index contributed by atoms with van der Waals surface area (Å²) in [6, 6.07) is 1.57. The quantitative estimate of drug-likeness (QED) is 0.774. The molecule has 1 unspecified atom stereocenters. The van der Waals surface area contributed by atoms with Gasteiger partial charge in [-0.1, -0.05) is 0 Å². The van der Waals surface area contributed by atoms with Gasteiger partial charge in [0.1, 0.15) is 17.6 Å².